The normalized spacial score (nSPS) is 17.4. The third-order valence-electron chi connectivity index (χ3n) is 5.95. The maximum absolute atomic E-state index is 9.77. The summed E-state index contributed by atoms with van der Waals surface area (Å²) in [6.07, 6.45) is 0.957. The summed E-state index contributed by atoms with van der Waals surface area (Å²) in [6, 6.07) is 8.51. The second kappa shape index (κ2) is 8.55. The molecule has 164 valence electrons. The summed E-state index contributed by atoms with van der Waals surface area (Å²) in [7, 11) is 0. The molecule has 9 heteroatoms. The molecule has 2 aromatic heterocycles. The number of fused-ring (bicyclic) bond motifs is 2. The predicted octanol–water partition coefficient (Wildman–Crippen LogP) is 3.02. The van der Waals surface area contributed by atoms with Crippen LogP contribution in [0.5, 0.6) is 0 Å². The van der Waals surface area contributed by atoms with Crippen molar-refractivity contribution in [2.45, 2.75) is 31.2 Å². The van der Waals surface area contributed by atoms with Gasteiger partial charge in [-0.2, -0.15) is 9.97 Å². The maximum Gasteiger partial charge on any atom is 0.298 e. The Morgan fingerprint density at radius 2 is 1.87 bits per heavy atom. The number of hydrogen-bond acceptors (Lipinski definition) is 9. The van der Waals surface area contributed by atoms with Crippen molar-refractivity contribution in [1.82, 2.24) is 15.0 Å². The number of hydrogen-bond donors (Lipinski definition) is 2. The zero-order chi connectivity index (χ0) is 21.4. The van der Waals surface area contributed by atoms with E-state index in [0.717, 1.165) is 71.8 Å². The van der Waals surface area contributed by atoms with Gasteiger partial charge in [-0.15, -0.1) is 11.8 Å². The van der Waals surface area contributed by atoms with Gasteiger partial charge in [0.15, 0.2) is 5.58 Å². The van der Waals surface area contributed by atoms with E-state index >= 15 is 0 Å². The highest BCUT2D eigenvalue weighted by Gasteiger charge is 2.27. The van der Waals surface area contributed by atoms with Crippen molar-refractivity contribution >= 4 is 40.6 Å². The number of aliphatic hydroxyl groups is 1. The van der Waals surface area contributed by atoms with E-state index in [1.165, 1.54) is 0 Å². The molecule has 0 aliphatic carbocycles. The Balaban J connectivity index is 1.33. The Hall–Kier alpha value is -2.52. The van der Waals surface area contributed by atoms with E-state index in [1.807, 2.05) is 24.3 Å². The quantitative estimate of drug-likeness (QED) is 0.600. The van der Waals surface area contributed by atoms with Gasteiger partial charge in [0.2, 0.25) is 5.95 Å². The predicted molar refractivity (Wildman–Crippen MR) is 124 cm³/mol. The molecule has 0 spiro atoms. The molecule has 0 saturated carbocycles. The van der Waals surface area contributed by atoms with Gasteiger partial charge in [0.25, 0.3) is 6.01 Å². The van der Waals surface area contributed by atoms with Crippen LogP contribution >= 0.6 is 11.8 Å². The lowest BCUT2D eigenvalue weighted by Gasteiger charge is -2.34. The molecule has 1 aromatic carbocycles. The van der Waals surface area contributed by atoms with Crippen LogP contribution in [0.3, 0.4) is 0 Å². The third-order valence-corrected chi connectivity index (χ3v) is 7.07. The fraction of sp³-hybridized carbons (Fsp3) is 0.500. The SMILES string of the molecule is CC(C)C(CO)Nc1nc(N2CCN(c3nc4ccccc4o3)CC2)nc2c1SCC2. The standard InChI is InChI=1S/C22H28N6O2S/c1-14(2)17(13-29)23-20-19-16(7-12-31-19)24-21(26-20)27-8-10-28(11-9-27)22-25-15-5-3-4-6-18(15)30-22/h3-6,14,17,29H,7-13H2,1-2H3,(H,23,24,26). The number of aryl methyl sites for hydroxylation is 1. The molecular formula is C22H28N6O2S. The highest BCUT2D eigenvalue weighted by Crippen LogP contribution is 2.37. The van der Waals surface area contributed by atoms with Crippen LogP contribution < -0.4 is 15.1 Å². The number of oxazole rings is 1. The molecule has 1 unspecified atom stereocenters. The number of aromatic nitrogens is 3. The highest BCUT2D eigenvalue weighted by atomic mass is 32.2. The lowest BCUT2D eigenvalue weighted by molar-refractivity contribution is 0.249. The largest absolute Gasteiger partial charge is 0.423 e. The number of thioether (sulfide) groups is 1. The van der Waals surface area contributed by atoms with Gasteiger partial charge in [-0.05, 0) is 18.1 Å². The number of anilines is 3. The molecule has 2 N–H and O–H groups in total. The summed E-state index contributed by atoms with van der Waals surface area (Å²) in [6.45, 7) is 7.50. The Kier molecular flexibility index (Phi) is 5.62. The first-order chi connectivity index (χ1) is 15.1. The third kappa shape index (κ3) is 4.04. The van der Waals surface area contributed by atoms with Crippen molar-refractivity contribution in [1.29, 1.82) is 0 Å². The highest BCUT2D eigenvalue weighted by molar-refractivity contribution is 7.99. The van der Waals surface area contributed by atoms with Gasteiger partial charge in [-0.3, -0.25) is 0 Å². The van der Waals surface area contributed by atoms with Crippen LogP contribution in [0.15, 0.2) is 33.6 Å². The number of rotatable bonds is 6. The zero-order valence-corrected chi connectivity index (χ0v) is 18.7. The van der Waals surface area contributed by atoms with E-state index < -0.39 is 0 Å². The molecular weight excluding hydrogens is 412 g/mol. The van der Waals surface area contributed by atoms with Crippen LogP contribution in [0, 0.1) is 5.92 Å². The molecule has 5 rings (SSSR count). The summed E-state index contributed by atoms with van der Waals surface area (Å²) in [5.41, 5.74) is 2.82. The van der Waals surface area contributed by atoms with Gasteiger partial charge >= 0.3 is 0 Å². The number of nitrogens with one attached hydrogen (secondary N) is 1. The average molecular weight is 441 g/mol. The zero-order valence-electron chi connectivity index (χ0n) is 17.9. The summed E-state index contributed by atoms with van der Waals surface area (Å²) in [5.74, 6) is 2.96. The number of para-hydroxylation sites is 2. The number of aliphatic hydroxyl groups excluding tert-OH is 1. The average Bonchev–Trinajstić information content (AvgIpc) is 3.44. The monoisotopic (exact) mass is 440 g/mol. The molecule has 3 aromatic rings. The first-order valence-corrected chi connectivity index (χ1v) is 11.9. The van der Waals surface area contributed by atoms with Crippen LogP contribution in [0.4, 0.5) is 17.8 Å². The minimum absolute atomic E-state index is 0.0240. The Morgan fingerprint density at radius 3 is 2.61 bits per heavy atom. The summed E-state index contributed by atoms with van der Waals surface area (Å²) in [4.78, 5) is 19.9. The molecule has 0 bridgehead atoms. The van der Waals surface area contributed by atoms with Crippen LogP contribution in [0.1, 0.15) is 19.5 Å². The van der Waals surface area contributed by atoms with Gasteiger partial charge in [0.1, 0.15) is 11.3 Å². The fourth-order valence-electron chi connectivity index (χ4n) is 3.99. The van der Waals surface area contributed by atoms with E-state index in [1.54, 1.807) is 11.8 Å². The molecule has 31 heavy (non-hydrogen) atoms. The van der Waals surface area contributed by atoms with Gasteiger partial charge in [-0.1, -0.05) is 26.0 Å². The molecule has 4 heterocycles. The van der Waals surface area contributed by atoms with Crippen molar-refractivity contribution in [3.63, 3.8) is 0 Å². The molecule has 2 aliphatic rings. The van der Waals surface area contributed by atoms with Crippen molar-refractivity contribution in [3.8, 4) is 0 Å². The maximum atomic E-state index is 9.77. The lowest BCUT2D eigenvalue weighted by Crippen LogP contribution is -2.47. The van der Waals surface area contributed by atoms with Gasteiger partial charge < -0.3 is 24.6 Å². The van der Waals surface area contributed by atoms with Crippen LogP contribution in [-0.2, 0) is 6.42 Å². The summed E-state index contributed by atoms with van der Waals surface area (Å²) in [5, 5.41) is 13.2. The van der Waals surface area contributed by atoms with Crippen molar-refractivity contribution < 1.29 is 9.52 Å². The van der Waals surface area contributed by atoms with Crippen molar-refractivity contribution in [2.75, 3.05) is 53.7 Å². The molecule has 0 radical (unpaired) electrons. The van der Waals surface area contributed by atoms with Crippen molar-refractivity contribution in [3.05, 3.63) is 30.0 Å². The second-order valence-corrected chi connectivity index (χ2v) is 9.47. The van der Waals surface area contributed by atoms with E-state index in [2.05, 4.69) is 33.9 Å². The van der Waals surface area contributed by atoms with Crippen LogP contribution in [0.2, 0.25) is 0 Å². The topological polar surface area (TPSA) is 90.6 Å². The van der Waals surface area contributed by atoms with Crippen LogP contribution in [0.25, 0.3) is 11.1 Å². The van der Waals surface area contributed by atoms with E-state index in [0.29, 0.717) is 11.9 Å². The summed E-state index contributed by atoms with van der Waals surface area (Å²) >= 11 is 1.80. The molecule has 1 atom stereocenters. The number of piperazine rings is 1. The first kappa shape index (κ1) is 20.4. The molecule has 2 aliphatic heterocycles. The molecule has 8 nitrogen and oxygen atoms in total. The molecule has 1 saturated heterocycles. The Bertz CT molecular complexity index is 1030. The second-order valence-electron chi connectivity index (χ2n) is 8.36. The smallest absolute Gasteiger partial charge is 0.298 e. The van der Waals surface area contributed by atoms with E-state index in [9.17, 15) is 5.11 Å². The minimum Gasteiger partial charge on any atom is -0.423 e. The number of benzene rings is 1. The lowest BCUT2D eigenvalue weighted by atomic mass is 10.1. The van der Waals surface area contributed by atoms with E-state index in [-0.39, 0.29) is 12.6 Å². The van der Waals surface area contributed by atoms with Gasteiger partial charge in [0.05, 0.1) is 23.2 Å². The minimum atomic E-state index is -0.0240. The van der Waals surface area contributed by atoms with Gasteiger partial charge in [-0.25, -0.2) is 4.98 Å². The van der Waals surface area contributed by atoms with Gasteiger partial charge in [0, 0.05) is 38.4 Å². The fourth-order valence-corrected chi connectivity index (χ4v) is 5.04. The molecule has 1 fully saturated rings. The number of nitrogens with zero attached hydrogens (tertiary/aromatic N) is 5. The first-order valence-electron chi connectivity index (χ1n) is 10.9. The van der Waals surface area contributed by atoms with Crippen LogP contribution in [-0.4, -0.2) is 64.6 Å². The van der Waals surface area contributed by atoms with Crippen molar-refractivity contribution in [2.24, 2.45) is 5.92 Å². The summed E-state index contributed by atoms with van der Waals surface area (Å²) < 4.78 is 5.94. The van der Waals surface area contributed by atoms with E-state index in [4.69, 9.17) is 14.4 Å². The molecule has 0 amide bonds. The Morgan fingerprint density at radius 1 is 1.10 bits per heavy atom. The Labute approximate surface area is 186 Å².